The Morgan fingerprint density at radius 3 is 2.53 bits per heavy atom. The SMILES string of the molecule is Fc1cc(F)c(-c2cccc3c2CCCN3)cc1F. The van der Waals surface area contributed by atoms with Gasteiger partial charge in [-0.05, 0) is 36.1 Å². The highest BCUT2D eigenvalue weighted by Crippen LogP contribution is 2.34. The fourth-order valence-electron chi connectivity index (χ4n) is 2.49. The number of rotatable bonds is 1. The highest BCUT2D eigenvalue weighted by molar-refractivity contribution is 5.75. The molecule has 1 nitrogen and oxygen atoms in total. The summed E-state index contributed by atoms with van der Waals surface area (Å²) in [5, 5.41) is 3.23. The molecule has 2 aromatic carbocycles. The summed E-state index contributed by atoms with van der Waals surface area (Å²) in [6.07, 6.45) is 1.74. The zero-order chi connectivity index (χ0) is 13.4. The first-order chi connectivity index (χ1) is 9.16. The molecule has 0 unspecified atom stereocenters. The van der Waals surface area contributed by atoms with Crippen molar-refractivity contribution >= 4 is 5.69 Å². The third-order valence-electron chi connectivity index (χ3n) is 3.40. The molecule has 0 amide bonds. The van der Waals surface area contributed by atoms with E-state index in [9.17, 15) is 13.2 Å². The minimum absolute atomic E-state index is 0.111. The molecule has 1 aliphatic heterocycles. The second-order valence-electron chi connectivity index (χ2n) is 4.61. The maximum Gasteiger partial charge on any atom is 0.161 e. The Labute approximate surface area is 109 Å². The van der Waals surface area contributed by atoms with E-state index >= 15 is 0 Å². The van der Waals surface area contributed by atoms with Crippen LogP contribution in [-0.2, 0) is 6.42 Å². The van der Waals surface area contributed by atoms with Gasteiger partial charge in [0, 0.05) is 23.9 Å². The van der Waals surface area contributed by atoms with Crippen LogP contribution < -0.4 is 5.32 Å². The van der Waals surface area contributed by atoms with E-state index in [0.717, 1.165) is 36.7 Å². The van der Waals surface area contributed by atoms with Gasteiger partial charge in [-0.3, -0.25) is 0 Å². The molecule has 0 aromatic heterocycles. The summed E-state index contributed by atoms with van der Waals surface area (Å²) >= 11 is 0. The molecule has 0 atom stereocenters. The molecule has 0 spiro atoms. The van der Waals surface area contributed by atoms with E-state index in [1.807, 2.05) is 6.07 Å². The average molecular weight is 263 g/mol. The van der Waals surface area contributed by atoms with Gasteiger partial charge in [0.1, 0.15) is 5.82 Å². The van der Waals surface area contributed by atoms with E-state index < -0.39 is 17.5 Å². The van der Waals surface area contributed by atoms with Gasteiger partial charge >= 0.3 is 0 Å². The molecular formula is C15H12F3N. The Morgan fingerprint density at radius 1 is 0.895 bits per heavy atom. The molecule has 4 heteroatoms. The molecule has 1 heterocycles. The lowest BCUT2D eigenvalue weighted by atomic mass is 9.93. The lowest BCUT2D eigenvalue weighted by Gasteiger charge is -2.21. The van der Waals surface area contributed by atoms with Crippen LogP contribution in [0, 0.1) is 17.5 Å². The molecule has 0 radical (unpaired) electrons. The van der Waals surface area contributed by atoms with E-state index in [-0.39, 0.29) is 5.56 Å². The van der Waals surface area contributed by atoms with Gasteiger partial charge in [-0.15, -0.1) is 0 Å². The van der Waals surface area contributed by atoms with Crippen molar-refractivity contribution in [2.45, 2.75) is 12.8 Å². The first kappa shape index (κ1) is 12.1. The van der Waals surface area contributed by atoms with Crippen LogP contribution in [0.3, 0.4) is 0 Å². The first-order valence-corrected chi connectivity index (χ1v) is 6.17. The number of hydrogen-bond donors (Lipinski definition) is 1. The molecule has 1 N–H and O–H groups in total. The Bertz CT molecular complexity index is 638. The van der Waals surface area contributed by atoms with Crippen molar-refractivity contribution in [3.05, 3.63) is 53.3 Å². The van der Waals surface area contributed by atoms with Crippen molar-refractivity contribution in [3.8, 4) is 11.1 Å². The molecule has 1 aliphatic rings. The van der Waals surface area contributed by atoms with Gasteiger partial charge < -0.3 is 5.32 Å². The van der Waals surface area contributed by atoms with Gasteiger partial charge in [0.2, 0.25) is 0 Å². The van der Waals surface area contributed by atoms with Gasteiger partial charge in [0.05, 0.1) is 0 Å². The number of hydrogen-bond acceptors (Lipinski definition) is 1. The Balaban J connectivity index is 2.20. The van der Waals surface area contributed by atoms with Crippen molar-refractivity contribution in [1.82, 2.24) is 0 Å². The monoisotopic (exact) mass is 263 g/mol. The van der Waals surface area contributed by atoms with E-state index in [0.29, 0.717) is 11.6 Å². The number of halogens is 3. The molecule has 3 rings (SSSR count). The van der Waals surface area contributed by atoms with Crippen molar-refractivity contribution in [1.29, 1.82) is 0 Å². The molecule has 0 fully saturated rings. The predicted molar refractivity (Wildman–Crippen MR) is 68.6 cm³/mol. The fraction of sp³-hybridized carbons (Fsp3) is 0.200. The smallest absolute Gasteiger partial charge is 0.161 e. The summed E-state index contributed by atoms with van der Waals surface area (Å²) in [6.45, 7) is 0.872. The van der Waals surface area contributed by atoms with Gasteiger partial charge in [-0.25, -0.2) is 13.2 Å². The molecule has 98 valence electrons. The lowest BCUT2D eigenvalue weighted by Crippen LogP contribution is -2.12. The van der Waals surface area contributed by atoms with E-state index in [1.165, 1.54) is 0 Å². The number of benzene rings is 2. The lowest BCUT2D eigenvalue weighted by molar-refractivity contribution is 0.496. The summed E-state index contributed by atoms with van der Waals surface area (Å²) in [4.78, 5) is 0. The third kappa shape index (κ3) is 2.07. The van der Waals surface area contributed by atoms with Crippen LogP contribution in [0.5, 0.6) is 0 Å². The van der Waals surface area contributed by atoms with Gasteiger partial charge in [-0.1, -0.05) is 12.1 Å². The standard InChI is InChI=1S/C15H12F3N/c16-12-8-14(18)13(17)7-11(12)9-3-1-5-15-10(9)4-2-6-19-15/h1,3,5,7-8,19H,2,4,6H2. The second kappa shape index (κ2) is 4.61. The fourth-order valence-corrected chi connectivity index (χ4v) is 2.49. The van der Waals surface area contributed by atoms with Crippen molar-refractivity contribution < 1.29 is 13.2 Å². The third-order valence-corrected chi connectivity index (χ3v) is 3.40. The summed E-state index contributed by atoms with van der Waals surface area (Å²) in [7, 11) is 0. The normalized spacial score (nSPS) is 13.8. The number of fused-ring (bicyclic) bond motifs is 1. The highest BCUT2D eigenvalue weighted by Gasteiger charge is 2.18. The topological polar surface area (TPSA) is 12.0 Å². The molecule has 2 aromatic rings. The van der Waals surface area contributed by atoms with Crippen LogP contribution in [0.2, 0.25) is 0 Å². The maximum absolute atomic E-state index is 13.9. The zero-order valence-electron chi connectivity index (χ0n) is 10.1. The Morgan fingerprint density at radius 2 is 1.68 bits per heavy atom. The van der Waals surface area contributed by atoms with E-state index in [2.05, 4.69) is 5.32 Å². The van der Waals surface area contributed by atoms with Crippen LogP contribution in [0.15, 0.2) is 30.3 Å². The summed E-state index contributed by atoms with van der Waals surface area (Å²) < 4.78 is 40.2. The largest absolute Gasteiger partial charge is 0.385 e. The van der Waals surface area contributed by atoms with E-state index in [1.54, 1.807) is 12.1 Å². The minimum Gasteiger partial charge on any atom is -0.385 e. The first-order valence-electron chi connectivity index (χ1n) is 6.17. The van der Waals surface area contributed by atoms with Crippen LogP contribution in [-0.4, -0.2) is 6.54 Å². The summed E-state index contributed by atoms with van der Waals surface area (Å²) in [5.41, 5.74) is 2.63. The molecule has 0 bridgehead atoms. The minimum atomic E-state index is -1.16. The Hall–Kier alpha value is -1.97. The average Bonchev–Trinajstić information content (AvgIpc) is 2.42. The maximum atomic E-state index is 13.9. The van der Waals surface area contributed by atoms with Crippen LogP contribution >= 0.6 is 0 Å². The van der Waals surface area contributed by atoms with Gasteiger partial charge in [-0.2, -0.15) is 0 Å². The van der Waals surface area contributed by atoms with Crippen molar-refractivity contribution in [2.75, 3.05) is 11.9 Å². The Kier molecular flexibility index (Phi) is 2.93. The van der Waals surface area contributed by atoms with Crippen LogP contribution in [0.25, 0.3) is 11.1 Å². The molecular weight excluding hydrogens is 251 g/mol. The van der Waals surface area contributed by atoms with Gasteiger partial charge in [0.25, 0.3) is 0 Å². The molecule has 0 saturated carbocycles. The molecule has 0 saturated heterocycles. The van der Waals surface area contributed by atoms with Crippen LogP contribution in [0.1, 0.15) is 12.0 Å². The molecule has 0 aliphatic carbocycles. The van der Waals surface area contributed by atoms with Gasteiger partial charge in [0.15, 0.2) is 11.6 Å². The quantitative estimate of drug-likeness (QED) is 0.763. The molecule has 19 heavy (non-hydrogen) atoms. The highest BCUT2D eigenvalue weighted by atomic mass is 19.2. The zero-order valence-corrected chi connectivity index (χ0v) is 10.1. The number of nitrogens with one attached hydrogen (secondary N) is 1. The van der Waals surface area contributed by atoms with Crippen LogP contribution in [0.4, 0.5) is 18.9 Å². The summed E-state index contributed by atoms with van der Waals surface area (Å²) in [5.74, 6) is -2.93. The number of anilines is 1. The van der Waals surface area contributed by atoms with Crippen molar-refractivity contribution in [2.24, 2.45) is 0 Å². The summed E-state index contributed by atoms with van der Waals surface area (Å²) in [6, 6.07) is 6.96. The van der Waals surface area contributed by atoms with E-state index in [4.69, 9.17) is 0 Å². The van der Waals surface area contributed by atoms with Crippen molar-refractivity contribution in [3.63, 3.8) is 0 Å². The predicted octanol–water partition coefficient (Wildman–Crippen LogP) is 4.13. The second-order valence-corrected chi connectivity index (χ2v) is 4.61.